The summed E-state index contributed by atoms with van der Waals surface area (Å²) in [7, 11) is 0. The molecule has 4 aromatic rings. The lowest BCUT2D eigenvalue weighted by Crippen LogP contribution is -2.12. The molecule has 0 heterocycles. The van der Waals surface area contributed by atoms with Crippen molar-refractivity contribution in [2.24, 2.45) is 4.99 Å². The van der Waals surface area contributed by atoms with E-state index >= 15 is 0 Å². The van der Waals surface area contributed by atoms with Gasteiger partial charge in [0.15, 0.2) is 0 Å². The minimum absolute atomic E-state index is 0.0807. The van der Waals surface area contributed by atoms with E-state index in [9.17, 15) is 0 Å². The maximum absolute atomic E-state index is 4.43. The molecular formula is C35H34N2. The SMILES string of the molecule is C=C/C=C\C=C(/CC)NCc1cccc(-c2cccc(-c3cccc(C(N=C)c4ccccc4)c3)c2)c1. The van der Waals surface area contributed by atoms with E-state index < -0.39 is 0 Å². The first-order chi connectivity index (χ1) is 18.2. The maximum Gasteiger partial charge on any atom is 0.0992 e. The van der Waals surface area contributed by atoms with Gasteiger partial charge >= 0.3 is 0 Å². The largest absolute Gasteiger partial charge is 0.384 e. The smallest absolute Gasteiger partial charge is 0.0992 e. The fourth-order valence-corrected chi connectivity index (χ4v) is 4.43. The fraction of sp³-hybridized carbons (Fsp3) is 0.114. The van der Waals surface area contributed by atoms with Crippen molar-refractivity contribution < 1.29 is 0 Å². The number of nitrogens with zero attached hydrogens (tertiary/aromatic N) is 1. The van der Waals surface area contributed by atoms with E-state index in [0.717, 1.165) is 24.1 Å². The van der Waals surface area contributed by atoms with E-state index in [2.05, 4.69) is 122 Å². The van der Waals surface area contributed by atoms with Gasteiger partial charge in [-0.25, -0.2) is 0 Å². The van der Waals surface area contributed by atoms with Crippen LogP contribution in [0, 0.1) is 0 Å². The Bertz CT molecular complexity index is 1400. The van der Waals surface area contributed by atoms with Crippen LogP contribution >= 0.6 is 0 Å². The van der Waals surface area contributed by atoms with Gasteiger partial charge in [-0.05, 0) is 76.4 Å². The topological polar surface area (TPSA) is 24.4 Å². The number of aliphatic imine (C=N–C) groups is 1. The minimum Gasteiger partial charge on any atom is -0.384 e. The lowest BCUT2D eigenvalue weighted by Gasteiger charge is -2.15. The van der Waals surface area contributed by atoms with Crippen LogP contribution < -0.4 is 5.32 Å². The van der Waals surface area contributed by atoms with Crippen molar-refractivity contribution in [1.29, 1.82) is 0 Å². The van der Waals surface area contributed by atoms with Gasteiger partial charge in [0.1, 0.15) is 0 Å². The number of nitrogens with one attached hydrogen (secondary N) is 1. The van der Waals surface area contributed by atoms with E-state index in [1.165, 1.54) is 33.5 Å². The summed E-state index contributed by atoms with van der Waals surface area (Å²) < 4.78 is 0. The first-order valence-electron chi connectivity index (χ1n) is 12.7. The number of allylic oxidation sites excluding steroid dienone is 5. The van der Waals surface area contributed by atoms with Crippen LogP contribution in [0.3, 0.4) is 0 Å². The molecule has 184 valence electrons. The number of hydrogen-bond acceptors (Lipinski definition) is 2. The van der Waals surface area contributed by atoms with E-state index in [0.29, 0.717) is 0 Å². The van der Waals surface area contributed by atoms with Crippen LogP contribution in [0.4, 0.5) is 0 Å². The van der Waals surface area contributed by atoms with E-state index in [1.54, 1.807) is 6.08 Å². The second-order valence-electron chi connectivity index (χ2n) is 8.92. The van der Waals surface area contributed by atoms with E-state index in [1.807, 2.05) is 30.4 Å². The third-order valence-corrected chi connectivity index (χ3v) is 6.40. The molecule has 1 N–H and O–H groups in total. The molecule has 0 fully saturated rings. The standard InChI is InChI=1S/C35H34N2/c1-4-6-8-22-34(5-2)37-26-27-14-11-17-29(23-27)30-18-12-19-31(24-30)32-20-13-21-33(25-32)35(36-3)28-15-9-7-10-16-28/h4,6-25,35,37H,1,3,5,26H2,2H3/b8-6-,34-22+. The Morgan fingerprint density at radius 1 is 0.757 bits per heavy atom. The highest BCUT2D eigenvalue weighted by atomic mass is 14.9. The van der Waals surface area contributed by atoms with Crippen LogP contribution in [0.1, 0.15) is 36.1 Å². The van der Waals surface area contributed by atoms with Crippen LogP contribution in [-0.2, 0) is 6.54 Å². The van der Waals surface area contributed by atoms with Crippen molar-refractivity contribution in [1.82, 2.24) is 5.32 Å². The molecular weight excluding hydrogens is 448 g/mol. The van der Waals surface area contributed by atoms with Crippen molar-refractivity contribution in [3.63, 3.8) is 0 Å². The molecule has 4 rings (SSSR count). The Morgan fingerprint density at radius 2 is 1.38 bits per heavy atom. The van der Waals surface area contributed by atoms with Gasteiger partial charge in [-0.1, -0.05) is 117 Å². The van der Waals surface area contributed by atoms with Crippen LogP contribution in [0.15, 0.2) is 145 Å². The van der Waals surface area contributed by atoms with Crippen molar-refractivity contribution in [3.05, 3.63) is 156 Å². The minimum atomic E-state index is -0.0807. The summed E-state index contributed by atoms with van der Waals surface area (Å²) in [5.74, 6) is 0. The molecule has 37 heavy (non-hydrogen) atoms. The first kappa shape index (κ1) is 25.7. The van der Waals surface area contributed by atoms with Crippen molar-refractivity contribution in [2.75, 3.05) is 0 Å². The lowest BCUT2D eigenvalue weighted by atomic mass is 9.94. The fourth-order valence-electron chi connectivity index (χ4n) is 4.43. The molecule has 0 saturated heterocycles. The highest BCUT2D eigenvalue weighted by Crippen LogP contribution is 2.31. The quantitative estimate of drug-likeness (QED) is 0.167. The molecule has 0 aliphatic heterocycles. The molecule has 0 saturated carbocycles. The molecule has 0 aliphatic rings. The van der Waals surface area contributed by atoms with Gasteiger partial charge < -0.3 is 5.32 Å². The van der Waals surface area contributed by atoms with Crippen LogP contribution in [0.5, 0.6) is 0 Å². The Hall–Kier alpha value is -4.43. The zero-order valence-electron chi connectivity index (χ0n) is 21.5. The van der Waals surface area contributed by atoms with Gasteiger partial charge in [0.25, 0.3) is 0 Å². The predicted octanol–water partition coefficient (Wildman–Crippen LogP) is 8.94. The molecule has 2 nitrogen and oxygen atoms in total. The third-order valence-electron chi connectivity index (χ3n) is 6.40. The molecule has 0 aromatic heterocycles. The lowest BCUT2D eigenvalue weighted by molar-refractivity contribution is 0.773. The van der Waals surface area contributed by atoms with Gasteiger partial charge in [0.05, 0.1) is 6.04 Å². The molecule has 0 bridgehead atoms. The highest BCUT2D eigenvalue weighted by Gasteiger charge is 2.12. The van der Waals surface area contributed by atoms with Gasteiger partial charge in [-0.3, -0.25) is 4.99 Å². The molecule has 0 radical (unpaired) electrons. The molecule has 1 unspecified atom stereocenters. The molecule has 1 atom stereocenters. The summed E-state index contributed by atoms with van der Waals surface area (Å²) in [4.78, 5) is 4.43. The Morgan fingerprint density at radius 3 is 2.05 bits per heavy atom. The Labute approximate surface area is 221 Å². The van der Waals surface area contributed by atoms with Gasteiger partial charge in [-0.15, -0.1) is 0 Å². The average Bonchev–Trinajstić information content (AvgIpc) is 2.96. The summed E-state index contributed by atoms with van der Waals surface area (Å²) in [6, 6.07) is 36.3. The zero-order chi connectivity index (χ0) is 25.9. The summed E-state index contributed by atoms with van der Waals surface area (Å²) >= 11 is 0. The average molecular weight is 483 g/mol. The molecule has 4 aromatic carbocycles. The molecule has 2 heteroatoms. The third kappa shape index (κ3) is 6.83. The monoisotopic (exact) mass is 482 g/mol. The van der Waals surface area contributed by atoms with Gasteiger partial charge in [-0.2, -0.15) is 0 Å². The van der Waals surface area contributed by atoms with Crippen molar-refractivity contribution >= 4 is 6.72 Å². The number of benzene rings is 4. The van der Waals surface area contributed by atoms with Gasteiger partial charge in [0.2, 0.25) is 0 Å². The Balaban J connectivity index is 1.56. The second-order valence-corrected chi connectivity index (χ2v) is 8.92. The highest BCUT2D eigenvalue weighted by molar-refractivity contribution is 5.73. The Kier molecular flexibility index (Phi) is 9.04. The number of hydrogen-bond donors (Lipinski definition) is 1. The normalized spacial score (nSPS) is 12.3. The molecule has 0 aliphatic carbocycles. The van der Waals surface area contributed by atoms with E-state index in [-0.39, 0.29) is 6.04 Å². The molecule has 0 amide bonds. The number of rotatable bonds is 11. The van der Waals surface area contributed by atoms with Crippen LogP contribution in [0.25, 0.3) is 22.3 Å². The van der Waals surface area contributed by atoms with Crippen molar-refractivity contribution in [3.8, 4) is 22.3 Å². The predicted molar refractivity (Wildman–Crippen MR) is 160 cm³/mol. The zero-order valence-corrected chi connectivity index (χ0v) is 21.5. The van der Waals surface area contributed by atoms with Gasteiger partial charge in [0, 0.05) is 12.2 Å². The van der Waals surface area contributed by atoms with E-state index in [4.69, 9.17) is 0 Å². The summed E-state index contributed by atoms with van der Waals surface area (Å²) in [5, 5.41) is 3.56. The molecule has 0 spiro atoms. The first-order valence-corrected chi connectivity index (χ1v) is 12.7. The van der Waals surface area contributed by atoms with Crippen LogP contribution in [-0.4, -0.2) is 6.72 Å². The summed E-state index contributed by atoms with van der Waals surface area (Å²) in [6.45, 7) is 10.5. The maximum atomic E-state index is 4.43. The second kappa shape index (κ2) is 13.0. The van der Waals surface area contributed by atoms with Crippen LogP contribution in [0.2, 0.25) is 0 Å². The summed E-state index contributed by atoms with van der Waals surface area (Å²) in [6.07, 6.45) is 8.80. The van der Waals surface area contributed by atoms with Crippen molar-refractivity contribution in [2.45, 2.75) is 25.9 Å². The summed E-state index contributed by atoms with van der Waals surface area (Å²) in [5.41, 5.74) is 9.50.